The average molecular weight is 280 g/mol. The first kappa shape index (κ1) is 14.5. The quantitative estimate of drug-likeness (QED) is 0.688. The van der Waals surface area contributed by atoms with Gasteiger partial charge >= 0.3 is 0 Å². The molecule has 3 nitrogen and oxygen atoms in total. The second-order valence-electron chi connectivity index (χ2n) is 4.54. The minimum Gasteiger partial charge on any atom is -0.321 e. The minimum atomic E-state index is -0.523. The Morgan fingerprint density at radius 1 is 1.24 bits per heavy atom. The van der Waals surface area contributed by atoms with Gasteiger partial charge in [-0.1, -0.05) is 29.8 Å². The molecule has 2 aromatic rings. The van der Waals surface area contributed by atoms with Gasteiger partial charge in [0, 0.05) is 5.69 Å². The zero-order valence-electron chi connectivity index (χ0n) is 11.4. The van der Waals surface area contributed by atoms with Gasteiger partial charge in [0.1, 0.15) is 17.5 Å². The van der Waals surface area contributed by atoms with Gasteiger partial charge in [0.25, 0.3) is 5.91 Å². The van der Waals surface area contributed by atoms with Gasteiger partial charge in [-0.3, -0.25) is 4.79 Å². The summed E-state index contributed by atoms with van der Waals surface area (Å²) in [5, 5.41) is 11.7. The van der Waals surface area contributed by atoms with Crippen molar-refractivity contribution in [1.29, 1.82) is 5.26 Å². The SMILES string of the molecule is Cc1ccc(NC(=O)C(C#N)=Cc2cccc(F)c2)cc1. The van der Waals surface area contributed by atoms with Crippen LogP contribution >= 0.6 is 0 Å². The summed E-state index contributed by atoms with van der Waals surface area (Å²) in [5.41, 5.74) is 2.06. The summed E-state index contributed by atoms with van der Waals surface area (Å²) in [4.78, 5) is 12.0. The number of nitriles is 1. The van der Waals surface area contributed by atoms with Crippen molar-refractivity contribution in [3.63, 3.8) is 0 Å². The molecule has 1 N–H and O–H groups in total. The number of anilines is 1. The molecule has 0 saturated heterocycles. The third-order valence-electron chi connectivity index (χ3n) is 2.83. The van der Waals surface area contributed by atoms with E-state index in [1.54, 1.807) is 18.2 Å². The van der Waals surface area contributed by atoms with Gasteiger partial charge in [0.2, 0.25) is 0 Å². The third kappa shape index (κ3) is 4.02. The van der Waals surface area contributed by atoms with E-state index in [1.807, 2.05) is 25.1 Å². The molecule has 21 heavy (non-hydrogen) atoms. The number of nitrogens with zero attached hydrogens (tertiary/aromatic N) is 1. The van der Waals surface area contributed by atoms with E-state index in [1.165, 1.54) is 24.3 Å². The van der Waals surface area contributed by atoms with E-state index in [-0.39, 0.29) is 5.57 Å². The topological polar surface area (TPSA) is 52.9 Å². The number of hydrogen-bond acceptors (Lipinski definition) is 2. The Balaban J connectivity index is 2.19. The first-order chi connectivity index (χ1) is 10.1. The lowest BCUT2D eigenvalue weighted by Crippen LogP contribution is -2.13. The Hall–Kier alpha value is -2.93. The van der Waals surface area contributed by atoms with Gasteiger partial charge in [-0.25, -0.2) is 4.39 Å². The Morgan fingerprint density at radius 2 is 1.95 bits per heavy atom. The lowest BCUT2D eigenvalue weighted by atomic mass is 10.1. The van der Waals surface area contributed by atoms with Gasteiger partial charge in [-0.15, -0.1) is 0 Å². The molecule has 0 atom stereocenters. The number of carbonyl (C=O) groups is 1. The molecule has 0 saturated carbocycles. The molecule has 1 amide bonds. The van der Waals surface area contributed by atoms with Gasteiger partial charge < -0.3 is 5.32 Å². The fourth-order valence-corrected chi connectivity index (χ4v) is 1.75. The van der Waals surface area contributed by atoms with Crippen LogP contribution in [-0.4, -0.2) is 5.91 Å². The number of hydrogen-bond donors (Lipinski definition) is 1. The minimum absolute atomic E-state index is 0.0822. The summed E-state index contributed by atoms with van der Waals surface area (Å²) in [6, 6.07) is 14.8. The molecule has 4 heteroatoms. The lowest BCUT2D eigenvalue weighted by Gasteiger charge is -2.04. The summed E-state index contributed by atoms with van der Waals surface area (Å²) in [6.07, 6.45) is 1.35. The third-order valence-corrected chi connectivity index (χ3v) is 2.83. The molecule has 0 radical (unpaired) electrons. The number of halogens is 1. The van der Waals surface area contributed by atoms with Crippen molar-refractivity contribution < 1.29 is 9.18 Å². The van der Waals surface area contributed by atoms with E-state index in [9.17, 15) is 9.18 Å². The van der Waals surface area contributed by atoms with Crippen molar-refractivity contribution in [2.45, 2.75) is 6.92 Å². The zero-order valence-corrected chi connectivity index (χ0v) is 11.4. The van der Waals surface area contributed by atoms with Crippen molar-refractivity contribution in [1.82, 2.24) is 0 Å². The fraction of sp³-hybridized carbons (Fsp3) is 0.0588. The van der Waals surface area contributed by atoms with Gasteiger partial charge in [0.05, 0.1) is 0 Å². The van der Waals surface area contributed by atoms with Crippen LogP contribution in [-0.2, 0) is 4.79 Å². The Morgan fingerprint density at radius 3 is 2.57 bits per heavy atom. The second kappa shape index (κ2) is 6.49. The molecule has 2 aromatic carbocycles. The van der Waals surface area contributed by atoms with Crippen molar-refractivity contribution in [3.8, 4) is 6.07 Å². The van der Waals surface area contributed by atoms with Crippen LogP contribution in [0.25, 0.3) is 6.08 Å². The van der Waals surface area contributed by atoms with Crippen LogP contribution in [0.15, 0.2) is 54.1 Å². The highest BCUT2D eigenvalue weighted by Gasteiger charge is 2.09. The van der Waals surface area contributed by atoms with E-state index in [4.69, 9.17) is 5.26 Å². The first-order valence-corrected chi connectivity index (χ1v) is 6.34. The van der Waals surface area contributed by atoms with Crippen LogP contribution in [0.3, 0.4) is 0 Å². The molecule has 0 aliphatic heterocycles. The highest BCUT2D eigenvalue weighted by molar-refractivity contribution is 6.09. The number of aryl methyl sites for hydroxylation is 1. The molecule has 0 aromatic heterocycles. The van der Waals surface area contributed by atoms with Crippen LogP contribution in [0.1, 0.15) is 11.1 Å². The molecule has 0 bridgehead atoms. The van der Waals surface area contributed by atoms with Crippen LogP contribution in [0.5, 0.6) is 0 Å². The van der Waals surface area contributed by atoms with E-state index >= 15 is 0 Å². The number of rotatable bonds is 3. The van der Waals surface area contributed by atoms with Crippen molar-refractivity contribution >= 4 is 17.7 Å². The van der Waals surface area contributed by atoms with Gasteiger partial charge in [0.15, 0.2) is 0 Å². The summed E-state index contributed by atoms with van der Waals surface area (Å²) < 4.78 is 13.1. The molecule has 0 spiro atoms. The lowest BCUT2D eigenvalue weighted by molar-refractivity contribution is -0.112. The highest BCUT2D eigenvalue weighted by Crippen LogP contribution is 2.13. The predicted octanol–water partition coefficient (Wildman–Crippen LogP) is 3.68. The number of carbonyl (C=O) groups excluding carboxylic acids is 1. The molecule has 104 valence electrons. The van der Waals surface area contributed by atoms with Crippen LogP contribution in [0.2, 0.25) is 0 Å². The van der Waals surface area contributed by atoms with E-state index in [0.717, 1.165) is 5.56 Å². The maximum absolute atomic E-state index is 13.1. The molecule has 0 aliphatic rings. The molecule has 0 unspecified atom stereocenters. The van der Waals surface area contributed by atoms with E-state index in [2.05, 4.69) is 5.32 Å². The smallest absolute Gasteiger partial charge is 0.266 e. The highest BCUT2D eigenvalue weighted by atomic mass is 19.1. The second-order valence-corrected chi connectivity index (χ2v) is 4.54. The monoisotopic (exact) mass is 280 g/mol. The van der Waals surface area contributed by atoms with E-state index in [0.29, 0.717) is 11.3 Å². The standard InChI is InChI=1S/C17H13FN2O/c1-12-5-7-16(8-6-12)20-17(21)14(11-19)9-13-3-2-4-15(18)10-13/h2-10H,1H3,(H,20,21). The molecule has 0 heterocycles. The first-order valence-electron chi connectivity index (χ1n) is 6.34. The number of amides is 1. The number of nitrogens with one attached hydrogen (secondary N) is 1. The maximum atomic E-state index is 13.1. The molecular formula is C17H13FN2O. The van der Waals surface area contributed by atoms with Crippen molar-refractivity contribution in [2.75, 3.05) is 5.32 Å². The molecule has 0 fully saturated rings. The summed E-state index contributed by atoms with van der Waals surface area (Å²) in [6.45, 7) is 1.94. The van der Waals surface area contributed by atoms with Crippen LogP contribution in [0.4, 0.5) is 10.1 Å². The van der Waals surface area contributed by atoms with Crippen LogP contribution in [0, 0.1) is 24.1 Å². The molecular weight excluding hydrogens is 267 g/mol. The summed E-state index contributed by atoms with van der Waals surface area (Å²) >= 11 is 0. The van der Waals surface area contributed by atoms with Gasteiger partial charge in [-0.05, 0) is 42.8 Å². The maximum Gasteiger partial charge on any atom is 0.266 e. The Bertz CT molecular complexity index is 727. The summed E-state index contributed by atoms with van der Waals surface area (Å²) in [7, 11) is 0. The molecule has 0 aliphatic carbocycles. The summed E-state index contributed by atoms with van der Waals surface area (Å²) in [5.74, 6) is -0.939. The average Bonchev–Trinajstić information content (AvgIpc) is 2.47. The van der Waals surface area contributed by atoms with Crippen molar-refractivity contribution in [3.05, 3.63) is 71.0 Å². The Kier molecular flexibility index (Phi) is 4.47. The van der Waals surface area contributed by atoms with E-state index < -0.39 is 11.7 Å². The van der Waals surface area contributed by atoms with Crippen LogP contribution < -0.4 is 5.32 Å². The normalized spacial score (nSPS) is 10.8. The van der Waals surface area contributed by atoms with Crippen molar-refractivity contribution in [2.24, 2.45) is 0 Å². The van der Waals surface area contributed by atoms with Gasteiger partial charge in [-0.2, -0.15) is 5.26 Å². The zero-order chi connectivity index (χ0) is 15.2. The Labute approximate surface area is 122 Å². The largest absolute Gasteiger partial charge is 0.321 e. The number of benzene rings is 2. The predicted molar refractivity (Wildman–Crippen MR) is 79.8 cm³/mol. The fourth-order valence-electron chi connectivity index (χ4n) is 1.75. The molecule has 2 rings (SSSR count).